The van der Waals surface area contributed by atoms with E-state index < -0.39 is 15.4 Å². The molecule has 1 aliphatic heterocycles. The van der Waals surface area contributed by atoms with Crippen molar-refractivity contribution in [2.75, 3.05) is 14.2 Å². The zero-order valence-corrected chi connectivity index (χ0v) is 72.0. The summed E-state index contributed by atoms with van der Waals surface area (Å²) in [6, 6.07) is 66.2. The van der Waals surface area contributed by atoms with Gasteiger partial charge in [0.15, 0.2) is 11.2 Å². The second-order valence-corrected chi connectivity index (χ2v) is 27.7. The van der Waals surface area contributed by atoms with Gasteiger partial charge >= 0.3 is 130 Å². The zero-order valence-electron chi connectivity index (χ0n) is 61.0. The van der Waals surface area contributed by atoms with E-state index in [0.717, 1.165) is 112 Å². The Morgan fingerprint density at radius 1 is 0.490 bits per heavy atom. The number of aromatic nitrogens is 6. The van der Waals surface area contributed by atoms with Gasteiger partial charge in [-0.15, -0.1) is 0 Å². The summed E-state index contributed by atoms with van der Waals surface area (Å²) < 4.78 is 51.5. The molecule has 506 valence electrons. The molecule has 22 heteroatoms. The molecule has 102 heavy (non-hydrogen) atoms. The molecule has 1 fully saturated rings. The molecule has 0 bridgehead atoms. The Morgan fingerprint density at radius 2 is 0.882 bits per heavy atom. The second kappa shape index (κ2) is 34.9. The van der Waals surface area contributed by atoms with E-state index >= 15 is 0 Å². The normalized spacial score (nSPS) is 13.3. The van der Waals surface area contributed by atoms with Gasteiger partial charge in [0, 0.05) is 16.7 Å². The Morgan fingerprint density at radius 3 is 1.32 bits per heavy atom. The molecule has 1 atom stereocenters. The third-order valence-corrected chi connectivity index (χ3v) is 18.7. The van der Waals surface area contributed by atoms with Crippen LogP contribution in [0.4, 0.5) is 0 Å². The first-order valence-corrected chi connectivity index (χ1v) is 51.6. The van der Waals surface area contributed by atoms with Crippen molar-refractivity contribution in [2.24, 2.45) is 0 Å². The third kappa shape index (κ3) is 16.9. The van der Waals surface area contributed by atoms with Gasteiger partial charge in [-0.3, -0.25) is 9.13 Å². The number of fused-ring (bicyclic) bond motifs is 8. The van der Waals surface area contributed by atoms with Gasteiger partial charge in [-0.25, -0.2) is 24.6 Å². The van der Waals surface area contributed by atoms with Crippen LogP contribution in [0.15, 0.2) is 203 Å². The molecule has 0 spiro atoms. The number of rotatable bonds is 13. The van der Waals surface area contributed by atoms with Gasteiger partial charge in [0.05, 0.1) is 75.3 Å². The summed E-state index contributed by atoms with van der Waals surface area (Å²) in [4.78, 5) is 28.6. The van der Waals surface area contributed by atoms with Gasteiger partial charge in [-0.05, 0) is 163 Å². The van der Waals surface area contributed by atoms with Gasteiger partial charge in [0.2, 0.25) is 0 Å². The van der Waals surface area contributed by atoms with Gasteiger partial charge in [-0.2, -0.15) is 0 Å². The Hall–Kier alpha value is -4.64. The monoisotopic (exact) mass is 1480 g/mol. The number of benzene rings is 8. The molecule has 1 aliphatic rings. The minimum absolute atomic E-state index is 0. The Kier molecular flexibility index (Phi) is 27.4. The summed E-state index contributed by atoms with van der Waals surface area (Å²) in [7, 11) is -0.270. The van der Waals surface area contributed by atoms with E-state index in [-0.39, 0.29) is 62.6 Å². The summed E-state index contributed by atoms with van der Waals surface area (Å²) >= 11 is 8.38. The molecule has 15 rings (SSSR count). The maximum absolute atomic E-state index is 8.87. The van der Waals surface area contributed by atoms with Crippen LogP contribution in [-0.4, -0.2) is 125 Å². The first-order valence-electron chi connectivity index (χ1n) is 34.1. The van der Waals surface area contributed by atoms with Crippen LogP contribution in [0.2, 0.25) is 5.15 Å². The molecule has 14 aromatic rings. The maximum atomic E-state index is 8.87. The van der Waals surface area contributed by atoms with Crippen LogP contribution in [0.5, 0.6) is 11.5 Å². The summed E-state index contributed by atoms with van der Waals surface area (Å²) in [5, 5.41) is 10.7. The van der Waals surface area contributed by atoms with Crippen molar-refractivity contribution in [3.8, 4) is 56.9 Å². The molecule has 16 nitrogen and oxygen atoms in total. The number of hydrogen-bond donors (Lipinski definition) is 0. The number of hydrogen-bond acceptors (Lipinski definition) is 14. The van der Waals surface area contributed by atoms with Crippen LogP contribution in [-0.2, 0) is 18.5 Å². The third-order valence-electron chi connectivity index (χ3n) is 18.4. The van der Waals surface area contributed by atoms with E-state index in [0.29, 0.717) is 34.4 Å². The molecule has 1 unspecified atom stereocenters. The number of imidazole rings is 2. The van der Waals surface area contributed by atoms with Crippen molar-refractivity contribution in [2.45, 2.75) is 118 Å². The number of para-hydroxylation sites is 6. The van der Waals surface area contributed by atoms with Crippen molar-refractivity contribution < 1.29 is 98.4 Å². The van der Waals surface area contributed by atoms with E-state index in [9.17, 15) is 0 Å². The zero-order chi connectivity index (χ0) is 72.2. The fourth-order valence-electron chi connectivity index (χ4n) is 12.8. The summed E-state index contributed by atoms with van der Waals surface area (Å²) in [5.41, 5.74) is 20.6. The number of pyridine rings is 2. The topological polar surface area (TPSA) is 197 Å². The molecule has 0 N–H and O–H groups in total. The number of furan rings is 2. The average molecular weight is 1480 g/mol. The van der Waals surface area contributed by atoms with E-state index in [4.69, 9.17) is 68.9 Å². The fraction of sp³-hybridized carbons (Fsp3) is 0.250. The van der Waals surface area contributed by atoms with Crippen LogP contribution >= 0.6 is 19.9 Å². The molecular formula is C80H78BClK3N6O10P. The van der Waals surface area contributed by atoms with Crippen LogP contribution in [0, 0.1) is 0 Å². The van der Waals surface area contributed by atoms with Gasteiger partial charge in [-0.1, -0.05) is 182 Å². The predicted octanol–water partition coefficient (Wildman–Crippen LogP) is 15.3. The number of methoxy groups -OCH3 is 2. The molecule has 0 amide bonds. The molecule has 8 aromatic carbocycles. The van der Waals surface area contributed by atoms with Crippen molar-refractivity contribution in [3.63, 3.8) is 0 Å². The molecule has 7 heterocycles. The van der Waals surface area contributed by atoms with E-state index in [2.05, 4.69) is 235 Å². The first kappa shape index (κ1) is 79.9. The predicted molar refractivity (Wildman–Crippen MR) is 405 cm³/mol. The van der Waals surface area contributed by atoms with Gasteiger partial charge in [0.1, 0.15) is 50.5 Å². The molecule has 0 radical (unpaired) electrons. The van der Waals surface area contributed by atoms with Crippen LogP contribution in [0.3, 0.4) is 0 Å². The van der Waals surface area contributed by atoms with E-state index in [1.165, 1.54) is 96.8 Å². The average Bonchev–Trinajstić information content (AvgIpc) is 1.61. The van der Waals surface area contributed by atoms with Crippen LogP contribution in [0.1, 0.15) is 129 Å². The minimum atomic E-state index is -3.15. The molecule has 1 saturated heterocycles. The second-order valence-electron chi connectivity index (χ2n) is 26.7. The Bertz CT molecular complexity index is 5260. The Labute approximate surface area is 689 Å². The number of halogens is 1. The van der Waals surface area contributed by atoms with Gasteiger partial charge < -0.3 is 37.8 Å². The van der Waals surface area contributed by atoms with Crippen molar-refractivity contribution >= 4 is 162 Å². The molecule has 6 aromatic heterocycles. The summed E-state index contributed by atoms with van der Waals surface area (Å²) in [6.45, 7) is 26.5. The SMILES string of the molecule is CC(C)c1cccc(C(C)C)c1-n1c(-c2cccc(B3OC(C)(C)C(C)(C)O3)c2)nc2ccccc21.COc1cccc2oc3ccc(-c4cccc(-c5nc6ccccc6n5-c5c(C(C)C)cccc5C(C)C)c4)nc3c12.COc1cccc2oc3ccc(Cl)nc3c12.O=[P+]([O-])O[O-].[K+].[K][K]. The quantitative estimate of drug-likeness (QED) is 0.0347. The standard InChI is InChI=1S/C37H33N3O2.C31H37BN2O2.C12H8ClNO2.3K.HO4P/c1-22(2)26-13-9-14-27(23(3)4)36(26)40-30-16-7-6-15-29(30)39-37(40)25-12-8-11-24(21-25)28-19-20-33-35(38-28)34-31(41-5)17-10-18-32(34)42-33;1-20(2)24-15-12-16-25(21(3)4)28(24)34-27-18-10-9-17-26(27)33-29(34)22-13-11-14-23(19-22)32-35-30(5,6)31(7,8)36-32;1-15-7-3-2-4-8-11(7)12-9(16-8)5-6-10(13)14-12;;;;1-4-5(2)3/h6-23H,1-5H3;9-21H,1-8H3;2-6H,1H3;;;;1H/q;;;;;+1;/p-1. The van der Waals surface area contributed by atoms with E-state index in [1.807, 2.05) is 54.6 Å². The molecule has 0 aliphatic carbocycles. The van der Waals surface area contributed by atoms with Gasteiger partial charge in [0.25, 0.3) is 0 Å². The summed E-state index contributed by atoms with van der Waals surface area (Å²) in [5.74, 6) is 4.82. The first-order chi connectivity index (χ1) is 48.5. The van der Waals surface area contributed by atoms with Crippen molar-refractivity contribution in [3.05, 3.63) is 222 Å². The number of ether oxygens (including phenoxy) is 2. The Balaban J connectivity index is 0.000000168. The molecule has 0 saturated carbocycles. The molecular weight excluding hydrogens is 1400 g/mol. The van der Waals surface area contributed by atoms with Crippen molar-refractivity contribution in [1.29, 1.82) is 0 Å². The summed E-state index contributed by atoms with van der Waals surface area (Å²) in [6.07, 6.45) is 0. The fourth-order valence-corrected chi connectivity index (χ4v) is 13.0. The number of nitrogens with zero attached hydrogens (tertiary/aromatic N) is 6. The van der Waals surface area contributed by atoms with Crippen molar-refractivity contribution in [1.82, 2.24) is 29.1 Å². The van der Waals surface area contributed by atoms with Crippen LogP contribution < -0.4 is 76.5 Å². The van der Waals surface area contributed by atoms with E-state index in [1.54, 1.807) is 20.3 Å². The van der Waals surface area contributed by atoms with Crippen LogP contribution in [0.25, 0.3) is 112 Å².